The van der Waals surface area contributed by atoms with E-state index in [0.717, 1.165) is 12.1 Å². The summed E-state index contributed by atoms with van der Waals surface area (Å²) in [4.78, 5) is 10.2. The van der Waals surface area contributed by atoms with Crippen LogP contribution in [0.15, 0.2) is 16.6 Å². The summed E-state index contributed by atoms with van der Waals surface area (Å²) >= 11 is 2.89. The number of carbonyl (C=O) groups is 1. The molecule has 0 bridgehead atoms. The summed E-state index contributed by atoms with van der Waals surface area (Å²) in [5.74, 6) is -2.97. The monoisotopic (exact) mass is 250 g/mol. The van der Waals surface area contributed by atoms with Gasteiger partial charge in [-0.2, -0.15) is 0 Å². The van der Waals surface area contributed by atoms with Gasteiger partial charge in [0.1, 0.15) is 11.6 Å². The van der Waals surface area contributed by atoms with E-state index in [4.69, 9.17) is 5.11 Å². The summed E-state index contributed by atoms with van der Waals surface area (Å²) < 4.78 is 26.1. The maximum absolute atomic E-state index is 12.9. The molecule has 1 aromatic carbocycles. The number of carboxylic acid groups (broad SMARTS) is 1. The maximum Gasteiger partial charge on any atom is 0.308 e. The molecule has 0 unspecified atom stereocenters. The third-order valence-corrected chi connectivity index (χ3v) is 1.89. The van der Waals surface area contributed by atoms with Crippen molar-refractivity contribution in [3.05, 3.63) is 33.8 Å². The molecule has 13 heavy (non-hydrogen) atoms. The number of carboxylic acids is 1. The molecule has 0 saturated carbocycles. The highest BCUT2D eigenvalue weighted by Crippen LogP contribution is 2.19. The Bertz CT molecular complexity index is 329. The highest BCUT2D eigenvalue weighted by Gasteiger charge is 2.13. The summed E-state index contributed by atoms with van der Waals surface area (Å²) in [6.07, 6.45) is -0.648. The largest absolute Gasteiger partial charge is 0.481 e. The van der Waals surface area contributed by atoms with Crippen LogP contribution < -0.4 is 0 Å². The van der Waals surface area contributed by atoms with Crippen LogP contribution in [-0.2, 0) is 11.2 Å². The summed E-state index contributed by atoms with van der Waals surface area (Å²) in [6.45, 7) is 0. The number of rotatable bonds is 2. The maximum atomic E-state index is 12.9. The van der Waals surface area contributed by atoms with Crippen molar-refractivity contribution >= 4 is 21.9 Å². The predicted molar refractivity (Wildman–Crippen MR) is 45.4 cm³/mol. The van der Waals surface area contributed by atoms with E-state index >= 15 is 0 Å². The van der Waals surface area contributed by atoms with Gasteiger partial charge in [-0.25, -0.2) is 8.78 Å². The summed E-state index contributed by atoms with van der Waals surface area (Å²) in [6, 6.07) is 2.06. The molecule has 0 aliphatic rings. The molecule has 0 aliphatic carbocycles. The van der Waals surface area contributed by atoms with Crippen molar-refractivity contribution in [1.29, 1.82) is 0 Å². The smallest absolute Gasteiger partial charge is 0.308 e. The highest BCUT2D eigenvalue weighted by molar-refractivity contribution is 9.10. The molecule has 0 radical (unpaired) electrons. The number of hydrogen-bond donors (Lipinski definition) is 1. The fraction of sp³-hybridized carbons (Fsp3) is 0.125. The van der Waals surface area contributed by atoms with E-state index in [1.165, 1.54) is 0 Å². The van der Waals surface area contributed by atoms with Crippen LogP contribution in [0.4, 0.5) is 8.78 Å². The summed E-state index contributed by atoms with van der Waals surface area (Å²) in [5.41, 5.74) is -0.421. The minimum atomic E-state index is -1.26. The number of halogens is 3. The van der Waals surface area contributed by atoms with Gasteiger partial charge in [-0.05, 0) is 12.1 Å². The third kappa shape index (κ3) is 2.48. The van der Waals surface area contributed by atoms with Crippen molar-refractivity contribution in [3.63, 3.8) is 0 Å². The minimum Gasteiger partial charge on any atom is -0.481 e. The van der Waals surface area contributed by atoms with Gasteiger partial charge in [0.25, 0.3) is 0 Å². The van der Waals surface area contributed by atoms with E-state index in [1.54, 1.807) is 0 Å². The Hall–Kier alpha value is -0.970. The Labute approximate surface area is 81.3 Å². The predicted octanol–water partition coefficient (Wildman–Crippen LogP) is 2.35. The van der Waals surface area contributed by atoms with Crippen LogP contribution in [0.2, 0.25) is 0 Å². The molecule has 0 saturated heterocycles. The van der Waals surface area contributed by atoms with E-state index in [1.807, 2.05) is 0 Å². The molecule has 5 heteroatoms. The Balaban J connectivity index is 3.13. The number of hydrogen-bond acceptors (Lipinski definition) is 1. The normalized spacial score (nSPS) is 10.1. The van der Waals surface area contributed by atoms with Gasteiger partial charge < -0.3 is 5.11 Å². The van der Waals surface area contributed by atoms with Gasteiger partial charge in [-0.15, -0.1) is 0 Å². The van der Waals surface area contributed by atoms with Crippen LogP contribution in [0.3, 0.4) is 0 Å². The van der Waals surface area contributed by atoms with Crippen LogP contribution in [-0.4, -0.2) is 11.1 Å². The molecule has 0 heterocycles. The molecular weight excluding hydrogens is 246 g/mol. The number of benzene rings is 1. The van der Waals surface area contributed by atoms with E-state index < -0.39 is 29.6 Å². The van der Waals surface area contributed by atoms with Crippen LogP contribution in [0.25, 0.3) is 0 Å². The summed E-state index contributed by atoms with van der Waals surface area (Å²) in [7, 11) is 0. The second-order valence-electron chi connectivity index (χ2n) is 2.42. The molecule has 1 aromatic rings. The Morgan fingerprint density at radius 1 is 1.38 bits per heavy atom. The van der Waals surface area contributed by atoms with Crippen molar-refractivity contribution < 1.29 is 18.7 Å². The SMILES string of the molecule is O=C(O)Cc1c(F)cc(Br)cc1F. The number of aliphatic carboxylic acids is 1. The molecule has 0 atom stereocenters. The molecular formula is C8H5BrF2O2. The van der Waals surface area contributed by atoms with Crippen molar-refractivity contribution in [2.75, 3.05) is 0 Å². The molecule has 1 rings (SSSR count). The first-order valence-corrected chi connectivity index (χ1v) is 4.15. The lowest BCUT2D eigenvalue weighted by Gasteiger charge is -2.02. The van der Waals surface area contributed by atoms with Crippen LogP contribution in [0.1, 0.15) is 5.56 Å². The van der Waals surface area contributed by atoms with Gasteiger partial charge in [-0.3, -0.25) is 4.79 Å². The fourth-order valence-electron chi connectivity index (χ4n) is 0.892. The second kappa shape index (κ2) is 3.83. The first kappa shape index (κ1) is 10.1. The van der Waals surface area contributed by atoms with Gasteiger partial charge in [-0.1, -0.05) is 15.9 Å². The second-order valence-corrected chi connectivity index (χ2v) is 3.33. The first-order valence-electron chi connectivity index (χ1n) is 3.36. The molecule has 0 aromatic heterocycles. The molecule has 70 valence electrons. The zero-order chi connectivity index (χ0) is 10.0. The highest BCUT2D eigenvalue weighted by atomic mass is 79.9. The van der Waals surface area contributed by atoms with E-state index in [2.05, 4.69) is 15.9 Å². The van der Waals surface area contributed by atoms with E-state index in [0.29, 0.717) is 0 Å². The van der Waals surface area contributed by atoms with Gasteiger partial charge in [0.2, 0.25) is 0 Å². The van der Waals surface area contributed by atoms with Crippen LogP contribution >= 0.6 is 15.9 Å². The average Bonchev–Trinajstić information content (AvgIpc) is 1.96. The van der Waals surface area contributed by atoms with Crippen LogP contribution in [0, 0.1) is 11.6 Å². The summed E-state index contributed by atoms with van der Waals surface area (Å²) in [5, 5.41) is 8.34. The molecule has 1 N–H and O–H groups in total. The van der Waals surface area contributed by atoms with Crippen LogP contribution in [0.5, 0.6) is 0 Å². The standard InChI is InChI=1S/C8H5BrF2O2/c9-4-1-6(10)5(3-8(12)13)7(11)2-4/h1-2H,3H2,(H,12,13). The van der Waals surface area contributed by atoms with E-state index in [9.17, 15) is 13.6 Å². The zero-order valence-electron chi connectivity index (χ0n) is 6.35. The lowest BCUT2D eigenvalue weighted by Crippen LogP contribution is -2.05. The van der Waals surface area contributed by atoms with Crippen molar-refractivity contribution in [3.8, 4) is 0 Å². The van der Waals surface area contributed by atoms with Gasteiger partial charge >= 0.3 is 5.97 Å². The Kier molecular flexibility index (Phi) is 2.98. The van der Waals surface area contributed by atoms with Crippen molar-refractivity contribution in [2.24, 2.45) is 0 Å². The molecule has 2 nitrogen and oxygen atoms in total. The third-order valence-electron chi connectivity index (χ3n) is 1.43. The van der Waals surface area contributed by atoms with Gasteiger partial charge in [0.15, 0.2) is 0 Å². The Morgan fingerprint density at radius 3 is 2.23 bits per heavy atom. The molecule has 0 aliphatic heterocycles. The average molecular weight is 251 g/mol. The van der Waals surface area contributed by atoms with Gasteiger partial charge in [0.05, 0.1) is 6.42 Å². The molecule has 0 fully saturated rings. The Morgan fingerprint density at radius 2 is 1.85 bits per heavy atom. The lowest BCUT2D eigenvalue weighted by molar-refractivity contribution is -0.136. The molecule has 0 spiro atoms. The first-order chi connectivity index (χ1) is 6.00. The van der Waals surface area contributed by atoms with Crippen molar-refractivity contribution in [1.82, 2.24) is 0 Å². The fourth-order valence-corrected chi connectivity index (χ4v) is 1.29. The van der Waals surface area contributed by atoms with Gasteiger partial charge in [0, 0.05) is 10.0 Å². The topological polar surface area (TPSA) is 37.3 Å². The lowest BCUT2D eigenvalue weighted by atomic mass is 10.1. The quantitative estimate of drug-likeness (QED) is 0.875. The molecule has 0 amide bonds. The van der Waals surface area contributed by atoms with E-state index in [-0.39, 0.29) is 4.47 Å². The minimum absolute atomic E-state index is 0.247. The zero-order valence-corrected chi connectivity index (χ0v) is 7.94. The van der Waals surface area contributed by atoms with Crippen molar-refractivity contribution in [2.45, 2.75) is 6.42 Å².